The predicted octanol–water partition coefficient (Wildman–Crippen LogP) is 3.11. The Kier molecular flexibility index (Phi) is 6.84. The van der Waals surface area contributed by atoms with Gasteiger partial charge in [0.25, 0.3) is 0 Å². The van der Waals surface area contributed by atoms with Crippen LogP contribution in [0.2, 0.25) is 5.02 Å². The fourth-order valence-corrected chi connectivity index (χ4v) is 3.63. The summed E-state index contributed by atoms with van der Waals surface area (Å²) in [4.78, 5) is 39.4. The molecule has 1 aliphatic carbocycles. The smallest absolute Gasteiger partial charge is 0.411 e. The van der Waals surface area contributed by atoms with Crippen LogP contribution in [0, 0.1) is 0 Å². The van der Waals surface area contributed by atoms with Crippen LogP contribution in [0.3, 0.4) is 0 Å². The van der Waals surface area contributed by atoms with E-state index in [0.717, 1.165) is 12.8 Å². The third-order valence-corrected chi connectivity index (χ3v) is 5.56. The molecule has 148 valence electrons. The molecule has 0 radical (unpaired) electrons. The molecule has 2 rings (SSSR count). The molecule has 1 amide bonds. The lowest BCUT2D eigenvalue weighted by Gasteiger charge is -2.43. The molecule has 0 aliphatic heterocycles. The summed E-state index contributed by atoms with van der Waals surface area (Å²) in [7, 11) is 3.07. The second-order valence-corrected chi connectivity index (χ2v) is 7.25. The van der Waals surface area contributed by atoms with Gasteiger partial charge in [-0.2, -0.15) is 0 Å². The van der Waals surface area contributed by atoms with Crippen molar-refractivity contribution in [2.75, 3.05) is 20.8 Å². The van der Waals surface area contributed by atoms with E-state index in [0.29, 0.717) is 23.4 Å². The predicted molar refractivity (Wildman–Crippen MR) is 101 cm³/mol. The van der Waals surface area contributed by atoms with Gasteiger partial charge < -0.3 is 9.84 Å². The van der Waals surface area contributed by atoms with Crippen molar-refractivity contribution in [3.05, 3.63) is 34.9 Å². The van der Waals surface area contributed by atoms with E-state index in [-0.39, 0.29) is 12.5 Å². The summed E-state index contributed by atoms with van der Waals surface area (Å²) in [5.74, 6) is -1.09. The normalized spacial score (nSPS) is 21.0. The Balaban J connectivity index is 2.26. The number of carboxylic acids is 1. The maximum absolute atomic E-state index is 13.0. The van der Waals surface area contributed by atoms with E-state index in [2.05, 4.69) is 0 Å². The summed E-state index contributed by atoms with van der Waals surface area (Å²) < 4.78 is 5.28. The van der Waals surface area contributed by atoms with Gasteiger partial charge in [0.05, 0.1) is 0 Å². The minimum absolute atomic E-state index is 0.0754. The van der Waals surface area contributed by atoms with Crippen LogP contribution in [0.5, 0.6) is 0 Å². The molecule has 1 N–H and O–H groups in total. The monoisotopic (exact) mass is 396 g/mol. The number of likely N-dealkylation sites (N-methyl/N-ethyl adjacent to an activating group) is 2. The van der Waals surface area contributed by atoms with Gasteiger partial charge in [0.1, 0.15) is 18.3 Å². The van der Waals surface area contributed by atoms with E-state index in [1.807, 2.05) is 0 Å². The van der Waals surface area contributed by atoms with Gasteiger partial charge >= 0.3 is 12.1 Å². The van der Waals surface area contributed by atoms with Crippen LogP contribution < -0.4 is 0 Å². The molecule has 0 bridgehead atoms. The third-order valence-electron chi connectivity index (χ3n) is 5.23. The minimum Gasteiger partial charge on any atom is -0.480 e. The van der Waals surface area contributed by atoms with Crippen LogP contribution in [-0.2, 0) is 19.9 Å². The molecule has 0 heterocycles. The van der Waals surface area contributed by atoms with Gasteiger partial charge in [-0.05, 0) is 39.3 Å². The standard InChI is InChI=1S/C19H25ClN2O5/c1-13(17(24)25)21(2)12-27-18(26)22(3)19(11-7-6-10-16(19)23)14-8-4-5-9-15(14)20/h4-5,8-9,13H,6-7,10-12H2,1-3H3,(H,24,25)/t13-,19-/m0/s1. The zero-order valence-corrected chi connectivity index (χ0v) is 16.5. The van der Waals surface area contributed by atoms with E-state index < -0.39 is 23.6 Å². The molecule has 7 nitrogen and oxygen atoms in total. The van der Waals surface area contributed by atoms with Gasteiger partial charge in [-0.15, -0.1) is 0 Å². The first-order chi connectivity index (χ1) is 12.7. The summed E-state index contributed by atoms with van der Waals surface area (Å²) in [6.45, 7) is 1.29. The Morgan fingerprint density at radius 3 is 2.56 bits per heavy atom. The molecule has 1 saturated carbocycles. The average Bonchev–Trinajstić information content (AvgIpc) is 2.65. The molecule has 0 unspecified atom stereocenters. The van der Waals surface area contributed by atoms with Crippen molar-refractivity contribution >= 4 is 29.4 Å². The van der Waals surface area contributed by atoms with E-state index >= 15 is 0 Å². The number of aliphatic carboxylic acids is 1. The Morgan fingerprint density at radius 1 is 1.30 bits per heavy atom. The summed E-state index contributed by atoms with van der Waals surface area (Å²) >= 11 is 6.36. The molecule has 2 atom stereocenters. The van der Waals surface area contributed by atoms with Crippen molar-refractivity contribution in [3.63, 3.8) is 0 Å². The number of carbonyl (C=O) groups is 3. The summed E-state index contributed by atoms with van der Waals surface area (Å²) in [6.07, 6.45) is 1.67. The molecule has 0 saturated heterocycles. The van der Waals surface area contributed by atoms with Crippen LogP contribution in [0.25, 0.3) is 0 Å². The number of rotatable bonds is 6. The van der Waals surface area contributed by atoms with Crippen molar-refractivity contribution < 1.29 is 24.2 Å². The number of amides is 1. The van der Waals surface area contributed by atoms with E-state index in [9.17, 15) is 14.4 Å². The lowest BCUT2D eigenvalue weighted by Crippen LogP contribution is -2.55. The van der Waals surface area contributed by atoms with Crippen LogP contribution in [-0.4, -0.2) is 59.6 Å². The second-order valence-electron chi connectivity index (χ2n) is 6.84. The lowest BCUT2D eigenvalue weighted by molar-refractivity contribution is -0.143. The number of halogens is 1. The number of ketones is 1. The summed E-state index contributed by atoms with van der Waals surface area (Å²) in [5, 5.41) is 9.45. The van der Waals surface area contributed by atoms with Gasteiger partial charge in [0.2, 0.25) is 0 Å². The number of carbonyl (C=O) groups excluding carboxylic acids is 2. The average molecular weight is 397 g/mol. The maximum Gasteiger partial charge on any atom is 0.411 e. The molecule has 1 aliphatic rings. The number of ether oxygens (including phenoxy) is 1. The fourth-order valence-electron chi connectivity index (χ4n) is 3.34. The maximum atomic E-state index is 13.0. The molecule has 1 aromatic carbocycles. The van der Waals surface area contributed by atoms with Crippen molar-refractivity contribution in [2.24, 2.45) is 0 Å². The van der Waals surface area contributed by atoms with E-state index in [1.54, 1.807) is 31.3 Å². The van der Waals surface area contributed by atoms with Crippen LogP contribution in [0.4, 0.5) is 4.79 Å². The molecule has 27 heavy (non-hydrogen) atoms. The quantitative estimate of drug-likeness (QED) is 0.743. The highest BCUT2D eigenvalue weighted by Crippen LogP contribution is 2.42. The van der Waals surface area contributed by atoms with Gasteiger partial charge in [-0.25, -0.2) is 4.79 Å². The largest absolute Gasteiger partial charge is 0.480 e. The van der Waals surface area contributed by atoms with E-state index in [1.165, 1.54) is 23.8 Å². The fraction of sp³-hybridized carbons (Fsp3) is 0.526. The summed E-state index contributed by atoms with van der Waals surface area (Å²) in [6, 6.07) is 6.20. The molecule has 1 aromatic rings. The Labute approximate surface area is 163 Å². The zero-order chi connectivity index (χ0) is 20.2. The van der Waals surface area contributed by atoms with E-state index in [4.69, 9.17) is 21.4 Å². The zero-order valence-electron chi connectivity index (χ0n) is 15.8. The topological polar surface area (TPSA) is 87.2 Å². The van der Waals surface area contributed by atoms with Gasteiger partial charge in [0, 0.05) is 24.1 Å². The molecule has 0 aromatic heterocycles. The third kappa shape index (κ3) is 4.25. The number of Topliss-reactive ketones (excluding diaryl/α,β-unsaturated/α-hetero) is 1. The van der Waals surface area contributed by atoms with Crippen molar-refractivity contribution in [2.45, 2.75) is 44.2 Å². The molecule has 8 heteroatoms. The van der Waals surface area contributed by atoms with Crippen molar-refractivity contribution in [3.8, 4) is 0 Å². The number of hydrogen-bond acceptors (Lipinski definition) is 5. The number of hydrogen-bond donors (Lipinski definition) is 1. The van der Waals surface area contributed by atoms with Gasteiger partial charge in [-0.1, -0.05) is 29.8 Å². The first-order valence-electron chi connectivity index (χ1n) is 8.83. The second kappa shape index (κ2) is 8.71. The minimum atomic E-state index is -1.18. The number of benzene rings is 1. The highest BCUT2D eigenvalue weighted by atomic mass is 35.5. The Morgan fingerprint density at radius 2 is 1.96 bits per heavy atom. The highest BCUT2D eigenvalue weighted by molar-refractivity contribution is 6.31. The molecular weight excluding hydrogens is 372 g/mol. The first-order valence-corrected chi connectivity index (χ1v) is 9.21. The number of nitrogens with zero attached hydrogens (tertiary/aromatic N) is 2. The van der Waals surface area contributed by atoms with Crippen molar-refractivity contribution in [1.82, 2.24) is 9.80 Å². The molecule has 1 fully saturated rings. The summed E-state index contributed by atoms with van der Waals surface area (Å²) in [5.41, 5.74) is -0.590. The van der Waals surface area contributed by atoms with Crippen LogP contribution in [0.1, 0.15) is 38.2 Å². The van der Waals surface area contributed by atoms with Crippen LogP contribution in [0.15, 0.2) is 24.3 Å². The van der Waals surface area contributed by atoms with Crippen LogP contribution >= 0.6 is 11.6 Å². The number of carboxylic acid groups (broad SMARTS) is 1. The highest BCUT2D eigenvalue weighted by Gasteiger charge is 2.48. The van der Waals surface area contributed by atoms with Crippen molar-refractivity contribution in [1.29, 1.82) is 0 Å². The Hall–Kier alpha value is -2.12. The van der Waals surface area contributed by atoms with Gasteiger partial charge in [-0.3, -0.25) is 19.4 Å². The SMILES string of the molecule is C[C@@H](C(=O)O)N(C)COC(=O)N(C)[C@]1(c2ccccc2Cl)CCCCC1=O. The van der Waals surface area contributed by atoms with Gasteiger partial charge in [0.15, 0.2) is 5.78 Å². The molecular formula is C19H25ClN2O5. The Bertz CT molecular complexity index is 726. The molecule has 0 spiro atoms. The lowest BCUT2D eigenvalue weighted by atomic mass is 9.74. The first kappa shape index (κ1) is 21.2.